The van der Waals surface area contributed by atoms with E-state index in [1.807, 2.05) is 41.2 Å². The number of hydrogen-bond donors (Lipinski definition) is 1. The molecular weight excluding hydrogens is 378 g/mol. The number of likely N-dealkylation sites (N-methyl/N-ethyl adjacent to an activating group) is 1. The van der Waals surface area contributed by atoms with Crippen LogP contribution < -0.4 is 10.2 Å². The van der Waals surface area contributed by atoms with E-state index in [2.05, 4.69) is 10.4 Å². The van der Waals surface area contributed by atoms with Crippen LogP contribution in [0, 0.1) is 0 Å². The molecule has 0 spiro atoms. The molecule has 2 unspecified atom stereocenters. The second-order valence-corrected chi connectivity index (χ2v) is 7.23. The number of nitrogens with zero attached hydrogens (tertiary/aromatic N) is 4. The highest BCUT2D eigenvalue weighted by Gasteiger charge is 2.37. The number of nitrogens with one attached hydrogen (secondary N) is 1. The Morgan fingerprint density at radius 1 is 1.21 bits per heavy atom. The quantitative estimate of drug-likeness (QED) is 0.848. The molecule has 150 valence electrons. The lowest BCUT2D eigenvalue weighted by molar-refractivity contribution is -0.120. The Kier molecular flexibility index (Phi) is 6.36. The van der Waals surface area contributed by atoms with Gasteiger partial charge in [-0.3, -0.25) is 14.3 Å². The molecule has 0 radical (unpaired) electrons. The van der Waals surface area contributed by atoms with E-state index in [1.165, 1.54) is 4.90 Å². The topological polar surface area (TPSA) is 70.5 Å². The van der Waals surface area contributed by atoms with Gasteiger partial charge in [-0.1, -0.05) is 18.2 Å². The number of halogens is 1. The summed E-state index contributed by atoms with van der Waals surface area (Å²) in [6.45, 7) is 2.53. The summed E-state index contributed by atoms with van der Waals surface area (Å²) in [6, 6.07) is 11.2. The second-order valence-electron chi connectivity index (χ2n) is 7.23. The fourth-order valence-corrected chi connectivity index (χ4v) is 3.93. The summed E-state index contributed by atoms with van der Waals surface area (Å²) in [6.07, 6.45) is 4.67. The van der Waals surface area contributed by atoms with E-state index >= 15 is 0 Å². The maximum Gasteiger partial charge on any atom is 0.274 e. The number of para-hydroxylation sites is 1. The first-order valence-corrected chi connectivity index (χ1v) is 9.54. The Bertz CT molecular complexity index is 819. The molecule has 2 amide bonds. The van der Waals surface area contributed by atoms with Crippen molar-refractivity contribution in [2.45, 2.75) is 31.3 Å². The molecule has 2 aliphatic heterocycles. The van der Waals surface area contributed by atoms with Crippen molar-refractivity contribution in [3.05, 3.63) is 48.3 Å². The fraction of sp³-hybridized carbons (Fsp3) is 0.450. The van der Waals surface area contributed by atoms with Gasteiger partial charge in [0.2, 0.25) is 5.91 Å². The minimum absolute atomic E-state index is 0. The van der Waals surface area contributed by atoms with Crippen molar-refractivity contribution in [3.63, 3.8) is 0 Å². The molecule has 2 saturated heterocycles. The number of benzene rings is 1. The van der Waals surface area contributed by atoms with Gasteiger partial charge in [0.1, 0.15) is 11.7 Å². The number of hydrogen-bond acceptors (Lipinski definition) is 4. The molecule has 7 nitrogen and oxygen atoms in total. The van der Waals surface area contributed by atoms with Crippen LogP contribution in [-0.4, -0.2) is 59.2 Å². The van der Waals surface area contributed by atoms with Crippen LogP contribution in [0.25, 0.3) is 0 Å². The lowest BCUT2D eigenvalue weighted by Crippen LogP contribution is -2.43. The zero-order chi connectivity index (χ0) is 18.8. The Hall–Kier alpha value is -2.38. The number of anilines is 1. The van der Waals surface area contributed by atoms with Gasteiger partial charge in [0.05, 0.1) is 6.04 Å². The van der Waals surface area contributed by atoms with Crippen molar-refractivity contribution in [2.24, 2.45) is 0 Å². The molecule has 1 N–H and O–H groups in total. The maximum atomic E-state index is 12.9. The first-order valence-electron chi connectivity index (χ1n) is 9.54. The van der Waals surface area contributed by atoms with Crippen LogP contribution in [0.5, 0.6) is 0 Å². The first-order chi connectivity index (χ1) is 13.1. The predicted molar refractivity (Wildman–Crippen MR) is 110 cm³/mol. The molecule has 0 aliphatic carbocycles. The average molecular weight is 404 g/mol. The third-order valence-electron chi connectivity index (χ3n) is 5.51. The second kappa shape index (κ2) is 8.75. The molecule has 2 atom stereocenters. The van der Waals surface area contributed by atoms with Crippen LogP contribution in [0.2, 0.25) is 0 Å². The zero-order valence-electron chi connectivity index (χ0n) is 16.0. The Morgan fingerprint density at radius 3 is 2.71 bits per heavy atom. The Labute approximate surface area is 171 Å². The highest BCUT2D eigenvalue weighted by Crippen LogP contribution is 2.24. The van der Waals surface area contributed by atoms with E-state index in [-0.39, 0.29) is 30.3 Å². The number of carbonyl (C=O) groups excluding carboxylic acids is 2. The van der Waals surface area contributed by atoms with Gasteiger partial charge in [0.15, 0.2) is 0 Å². The SMILES string of the molecule is CN(C(=O)c1ccn(C2CCCNC2)n1)C1CCN(c2ccccc2)C1=O.Cl. The monoisotopic (exact) mass is 403 g/mol. The fourth-order valence-electron chi connectivity index (χ4n) is 3.93. The normalized spacial score (nSPS) is 22.0. The number of carbonyl (C=O) groups is 2. The van der Waals surface area contributed by atoms with Gasteiger partial charge >= 0.3 is 0 Å². The summed E-state index contributed by atoms with van der Waals surface area (Å²) in [5.41, 5.74) is 1.27. The van der Waals surface area contributed by atoms with Crippen molar-refractivity contribution in [2.75, 3.05) is 31.6 Å². The minimum Gasteiger partial charge on any atom is -0.328 e. The minimum atomic E-state index is -0.445. The van der Waals surface area contributed by atoms with Crippen LogP contribution in [-0.2, 0) is 4.79 Å². The third kappa shape index (κ3) is 3.91. The number of piperidine rings is 1. The third-order valence-corrected chi connectivity index (χ3v) is 5.51. The van der Waals surface area contributed by atoms with Crippen molar-refractivity contribution in [1.29, 1.82) is 0 Å². The molecule has 1 aromatic carbocycles. The van der Waals surface area contributed by atoms with E-state index in [9.17, 15) is 9.59 Å². The van der Waals surface area contributed by atoms with E-state index in [1.54, 1.807) is 18.0 Å². The summed E-state index contributed by atoms with van der Waals surface area (Å²) in [7, 11) is 1.70. The van der Waals surface area contributed by atoms with Gasteiger partial charge in [-0.05, 0) is 44.0 Å². The van der Waals surface area contributed by atoms with Crippen LogP contribution in [0.3, 0.4) is 0 Å². The van der Waals surface area contributed by atoms with Crippen LogP contribution >= 0.6 is 12.4 Å². The van der Waals surface area contributed by atoms with Gasteiger partial charge in [0, 0.05) is 32.0 Å². The summed E-state index contributed by atoms with van der Waals surface area (Å²) in [4.78, 5) is 29.0. The van der Waals surface area contributed by atoms with E-state index in [0.29, 0.717) is 18.7 Å². The average Bonchev–Trinajstić information content (AvgIpc) is 3.35. The number of aromatic nitrogens is 2. The zero-order valence-corrected chi connectivity index (χ0v) is 16.8. The molecule has 3 heterocycles. The predicted octanol–water partition coefficient (Wildman–Crippen LogP) is 2.11. The first kappa shape index (κ1) is 20.4. The van der Waals surface area contributed by atoms with Gasteiger partial charge in [0.25, 0.3) is 5.91 Å². The highest BCUT2D eigenvalue weighted by molar-refractivity contribution is 6.03. The maximum absolute atomic E-state index is 12.9. The van der Waals surface area contributed by atoms with E-state index in [4.69, 9.17) is 0 Å². The van der Waals surface area contributed by atoms with Gasteiger partial charge in [-0.25, -0.2) is 0 Å². The summed E-state index contributed by atoms with van der Waals surface area (Å²) in [5, 5.41) is 7.85. The molecule has 28 heavy (non-hydrogen) atoms. The molecule has 8 heteroatoms. The van der Waals surface area contributed by atoms with E-state index in [0.717, 1.165) is 31.6 Å². The molecular formula is C20H26ClN5O2. The van der Waals surface area contributed by atoms with E-state index < -0.39 is 6.04 Å². The standard InChI is InChI=1S/C20H25N5O2.ClH/c1-23(18-10-12-24(20(18)27)15-6-3-2-4-7-15)19(26)17-9-13-25(22-17)16-8-5-11-21-14-16;/h2-4,6-7,9,13,16,18,21H,5,8,10-12,14H2,1H3;1H. The van der Waals surface area contributed by atoms with Gasteiger partial charge in [-0.15, -0.1) is 12.4 Å². The lowest BCUT2D eigenvalue weighted by atomic mass is 10.1. The summed E-state index contributed by atoms with van der Waals surface area (Å²) >= 11 is 0. The molecule has 2 fully saturated rings. The van der Waals surface area contributed by atoms with Crippen LogP contribution in [0.4, 0.5) is 5.69 Å². The number of amides is 2. The molecule has 2 aliphatic rings. The smallest absolute Gasteiger partial charge is 0.274 e. The lowest BCUT2D eigenvalue weighted by Gasteiger charge is -2.24. The van der Waals surface area contributed by atoms with Crippen LogP contribution in [0.1, 0.15) is 35.8 Å². The molecule has 1 aromatic heterocycles. The van der Waals surface area contributed by atoms with Crippen molar-refractivity contribution < 1.29 is 9.59 Å². The van der Waals surface area contributed by atoms with Crippen molar-refractivity contribution in [1.82, 2.24) is 20.0 Å². The van der Waals surface area contributed by atoms with Crippen molar-refractivity contribution in [3.8, 4) is 0 Å². The molecule has 0 saturated carbocycles. The largest absolute Gasteiger partial charge is 0.328 e. The van der Waals surface area contributed by atoms with Crippen LogP contribution in [0.15, 0.2) is 42.6 Å². The molecule has 2 aromatic rings. The van der Waals surface area contributed by atoms with Gasteiger partial charge < -0.3 is 15.1 Å². The van der Waals surface area contributed by atoms with Gasteiger partial charge in [-0.2, -0.15) is 5.10 Å². The highest BCUT2D eigenvalue weighted by atomic mass is 35.5. The summed E-state index contributed by atoms with van der Waals surface area (Å²) in [5.74, 6) is -0.237. The number of rotatable bonds is 4. The summed E-state index contributed by atoms with van der Waals surface area (Å²) < 4.78 is 1.87. The van der Waals surface area contributed by atoms with Crippen molar-refractivity contribution >= 4 is 29.9 Å². The Morgan fingerprint density at radius 2 is 2.00 bits per heavy atom. The molecule has 0 bridgehead atoms. The Balaban J connectivity index is 0.00000225. The molecule has 4 rings (SSSR count).